The average Bonchev–Trinajstić information content (AvgIpc) is 3.27. The van der Waals surface area contributed by atoms with Crippen LogP contribution in [-0.4, -0.2) is 69.0 Å². The fraction of sp³-hybridized carbons (Fsp3) is 0.545. The maximum Gasteiger partial charge on any atom is 0.453 e. The van der Waals surface area contributed by atoms with Gasteiger partial charge in [-0.1, -0.05) is 12.1 Å². The smallest absolute Gasteiger partial charge is 0.453 e. The number of nitrogens with zero attached hydrogens (tertiary/aromatic N) is 5. The quantitative estimate of drug-likeness (QED) is 0.657. The number of hydrogen-bond acceptors (Lipinski definition) is 7. The molecular formula is C22H27F3N6O3. The van der Waals surface area contributed by atoms with Crippen LogP contribution >= 0.6 is 0 Å². The Bertz CT molecular complexity index is 1030. The molecule has 2 aromatic rings. The van der Waals surface area contributed by atoms with Gasteiger partial charge in [0.2, 0.25) is 0 Å². The third-order valence-electron chi connectivity index (χ3n) is 6.05. The highest BCUT2D eigenvalue weighted by atomic mass is 19.4. The Morgan fingerprint density at radius 3 is 2.56 bits per heavy atom. The SMILES string of the molecule is CC(Oc1ccc(C2CCN(C3=Nn4c(nnc4C(F)(F)F)CC3)CC2)cc1)C(=O)NCCO. The Labute approximate surface area is 194 Å². The van der Waals surface area contributed by atoms with Gasteiger partial charge in [-0.25, -0.2) is 0 Å². The molecule has 9 nitrogen and oxygen atoms in total. The number of alkyl halides is 3. The van der Waals surface area contributed by atoms with Crippen LogP contribution in [0.25, 0.3) is 0 Å². The van der Waals surface area contributed by atoms with Crippen LogP contribution in [0.4, 0.5) is 13.2 Å². The number of fused-ring (bicyclic) bond motifs is 1. The summed E-state index contributed by atoms with van der Waals surface area (Å²) in [7, 11) is 0. The van der Waals surface area contributed by atoms with E-state index in [0.29, 0.717) is 43.4 Å². The first-order valence-corrected chi connectivity index (χ1v) is 11.3. The summed E-state index contributed by atoms with van der Waals surface area (Å²) in [6.07, 6.45) is -2.67. The van der Waals surface area contributed by atoms with Gasteiger partial charge in [-0.05, 0) is 43.4 Å². The number of nitrogens with one attached hydrogen (secondary N) is 1. The van der Waals surface area contributed by atoms with Crippen molar-refractivity contribution >= 4 is 11.7 Å². The van der Waals surface area contributed by atoms with Gasteiger partial charge in [-0.15, -0.1) is 10.2 Å². The number of amidine groups is 1. The van der Waals surface area contributed by atoms with Gasteiger partial charge in [0.05, 0.1) is 6.61 Å². The highest BCUT2D eigenvalue weighted by molar-refractivity contribution is 5.83. The van der Waals surface area contributed by atoms with Crippen molar-refractivity contribution in [2.75, 3.05) is 26.2 Å². The Morgan fingerprint density at radius 1 is 1.21 bits per heavy atom. The van der Waals surface area contributed by atoms with Crippen molar-refractivity contribution in [2.24, 2.45) is 5.10 Å². The van der Waals surface area contributed by atoms with Crippen LogP contribution in [0.15, 0.2) is 29.4 Å². The number of amides is 1. The summed E-state index contributed by atoms with van der Waals surface area (Å²) in [6.45, 7) is 3.09. The number of aryl methyl sites for hydroxylation is 1. The summed E-state index contributed by atoms with van der Waals surface area (Å²) in [5, 5.41) is 22.5. The number of rotatable bonds is 6. The van der Waals surface area contributed by atoms with E-state index in [-0.39, 0.29) is 24.9 Å². The van der Waals surface area contributed by atoms with E-state index < -0.39 is 18.1 Å². The molecule has 0 bridgehead atoms. The lowest BCUT2D eigenvalue weighted by Gasteiger charge is -2.35. The van der Waals surface area contributed by atoms with Crippen LogP contribution < -0.4 is 10.1 Å². The molecule has 1 amide bonds. The molecule has 1 unspecified atom stereocenters. The molecule has 1 aromatic heterocycles. The predicted molar refractivity (Wildman–Crippen MR) is 116 cm³/mol. The van der Waals surface area contributed by atoms with E-state index in [1.54, 1.807) is 6.92 Å². The number of hydrogen-bond donors (Lipinski definition) is 2. The van der Waals surface area contributed by atoms with Gasteiger partial charge < -0.3 is 20.1 Å². The van der Waals surface area contributed by atoms with Crippen LogP contribution in [0.3, 0.4) is 0 Å². The Kier molecular flexibility index (Phi) is 7.05. The van der Waals surface area contributed by atoms with E-state index in [1.807, 2.05) is 29.2 Å². The standard InChI is InChI=1S/C22H27F3N6O3/c1-14(20(33)26-10-13-32)34-17-4-2-15(3-5-17)16-8-11-30(12-9-16)19-7-6-18-27-28-21(22(23,24)25)31(18)29-19/h2-5,14,16,32H,6-13H2,1H3,(H,26,33). The summed E-state index contributed by atoms with van der Waals surface area (Å²) in [5.74, 6) is 0.377. The second-order valence-corrected chi connectivity index (χ2v) is 8.37. The third-order valence-corrected chi connectivity index (χ3v) is 6.05. The van der Waals surface area contributed by atoms with Crippen LogP contribution in [-0.2, 0) is 17.4 Å². The number of carbonyl (C=O) groups excluding carboxylic acids is 1. The topological polar surface area (TPSA) is 105 Å². The molecule has 3 heterocycles. The Morgan fingerprint density at radius 2 is 1.91 bits per heavy atom. The number of aliphatic hydroxyl groups is 1. The monoisotopic (exact) mass is 480 g/mol. The summed E-state index contributed by atoms with van der Waals surface area (Å²) in [6, 6.07) is 7.61. The molecule has 0 saturated carbocycles. The normalized spacial score (nSPS) is 17.7. The van der Waals surface area contributed by atoms with Crippen molar-refractivity contribution in [3.63, 3.8) is 0 Å². The summed E-state index contributed by atoms with van der Waals surface area (Å²) >= 11 is 0. The molecule has 2 aliphatic rings. The molecule has 2 aliphatic heterocycles. The zero-order valence-corrected chi connectivity index (χ0v) is 18.8. The fourth-order valence-electron chi connectivity index (χ4n) is 4.23. The van der Waals surface area contributed by atoms with Crippen molar-refractivity contribution < 1.29 is 27.8 Å². The van der Waals surface area contributed by atoms with E-state index in [0.717, 1.165) is 23.1 Å². The number of aliphatic hydroxyl groups excluding tert-OH is 1. The summed E-state index contributed by atoms with van der Waals surface area (Å²) in [5.41, 5.74) is 1.15. The summed E-state index contributed by atoms with van der Waals surface area (Å²) in [4.78, 5) is 13.9. The lowest BCUT2D eigenvalue weighted by atomic mass is 9.89. The number of benzene rings is 1. The average molecular weight is 480 g/mol. The predicted octanol–water partition coefficient (Wildman–Crippen LogP) is 2.16. The third kappa shape index (κ3) is 5.32. The zero-order valence-electron chi connectivity index (χ0n) is 18.8. The van der Waals surface area contributed by atoms with Crippen LogP contribution in [0, 0.1) is 0 Å². The molecule has 0 spiro atoms. The number of piperidine rings is 1. The minimum atomic E-state index is -4.60. The molecule has 0 radical (unpaired) electrons. The molecule has 184 valence electrons. The van der Waals surface area contributed by atoms with E-state index in [2.05, 4.69) is 20.6 Å². The number of carbonyl (C=O) groups is 1. The van der Waals surface area contributed by atoms with Gasteiger partial charge in [-0.2, -0.15) is 22.9 Å². The first-order valence-electron chi connectivity index (χ1n) is 11.3. The molecule has 4 rings (SSSR count). The van der Waals surface area contributed by atoms with E-state index in [9.17, 15) is 18.0 Å². The van der Waals surface area contributed by atoms with Gasteiger partial charge in [0.1, 0.15) is 11.6 Å². The van der Waals surface area contributed by atoms with Gasteiger partial charge >= 0.3 is 6.18 Å². The maximum atomic E-state index is 13.2. The molecule has 2 N–H and O–H groups in total. The molecule has 34 heavy (non-hydrogen) atoms. The van der Waals surface area contributed by atoms with Gasteiger partial charge in [0.25, 0.3) is 11.7 Å². The molecule has 1 atom stereocenters. The first-order chi connectivity index (χ1) is 16.3. The lowest BCUT2D eigenvalue weighted by molar-refractivity contribution is -0.147. The van der Waals surface area contributed by atoms with Gasteiger partial charge in [0.15, 0.2) is 11.9 Å². The minimum Gasteiger partial charge on any atom is -0.481 e. The Balaban J connectivity index is 1.34. The van der Waals surface area contributed by atoms with Gasteiger partial charge in [0, 0.05) is 32.5 Å². The van der Waals surface area contributed by atoms with Crippen LogP contribution in [0.5, 0.6) is 5.75 Å². The molecule has 0 aliphatic carbocycles. The fourth-order valence-corrected chi connectivity index (χ4v) is 4.23. The van der Waals surface area contributed by atoms with E-state index >= 15 is 0 Å². The number of likely N-dealkylation sites (tertiary alicyclic amines) is 1. The van der Waals surface area contributed by atoms with Crippen LogP contribution in [0.1, 0.15) is 49.3 Å². The van der Waals surface area contributed by atoms with Gasteiger partial charge in [-0.3, -0.25) is 4.79 Å². The zero-order chi connectivity index (χ0) is 24.3. The largest absolute Gasteiger partial charge is 0.481 e. The lowest BCUT2D eigenvalue weighted by Crippen LogP contribution is -2.40. The Hall–Kier alpha value is -3.15. The van der Waals surface area contributed by atoms with E-state index in [4.69, 9.17) is 9.84 Å². The molecular weight excluding hydrogens is 453 g/mol. The number of ether oxygens (including phenoxy) is 1. The molecule has 1 fully saturated rings. The number of aromatic nitrogens is 3. The van der Waals surface area contributed by atoms with Crippen molar-refractivity contribution in [2.45, 2.75) is 50.8 Å². The highest BCUT2D eigenvalue weighted by Gasteiger charge is 2.40. The molecule has 12 heteroatoms. The van der Waals surface area contributed by atoms with Crippen LogP contribution in [0.2, 0.25) is 0 Å². The molecule has 1 saturated heterocycles. The second kappa shape index (κ2) is 10.00. The first kappa shape index (κ1) is 24.0. The number of halogens is 3. The van der Waals surface area contributed by atoms with Crippen molar-refractivity contribution in [3.8, 4) is 5.75 Å². The minimum absolute atomic E-state index is 0.129. The molecule has 1 aromatic carbocycles. The maximum absolute atomic E-state index is 13.2. The van der Waals surface area contributed by atoms with Crippen molar-refractivity contribution in [1.82, 2.24) is 25.1 Å². The van der Waals surface area contributed by atoms with Crippen molar-refractivity contribution in [3.05, 3.63) is 41.5 Å². The van der Waals surface area contributed by atoms with Crippen molar-refractivity contribution in [1.29, 1.82) is 0 Å². The highest BCUT2D eigenvalue weighted by Crippen LogP contribution is 2.32. The summed E-state index contributed by atoms with van der Waals surface area (Å²) < 4.78 is 46.0. The second-order valence-electron chi connectivity index (χ2n) is 8.37. The van der Waals surface area contributed by atoms with E-state index in [1.165, 1.54) is 0 Å².